The van der Waals surface area contributed by atoms with Gasteiger partial charge in [0, 0.05) is 39.3 Å². The molecule has 1 unspecified atom stereocenters. The van der Waals surface area contributed by atoms with Crippen molar-refractivity contribution in [3.05, 3.63) is 53.4 Å². The van der Waals surface area contributed by atoms with Crippen LogP contribution in [0.2, 0.25) is 0 Å². The van der Waals surface area contributed by atoms with Gasteiger partial charge in [-0.15, -0.1) is 0 Å². The summed E-state index contributed by atoms with van der Waals surface area (Å²) in [6.45, 7) is 3.12. The van der Waals surface area contributed by atoms with Crippen LogP contribution in [0.4, 0.5) is 8.78 Å². The summed E-state index contributed by atoms with van der Waals surface area (Å²) in [7, 11) is 3.55. The van der Waals surface area contributed by atoms with Gasteiger partial charge in [-0.1, -0.05) is 6.07 Å². The van der Waals surface area contributed by atoms with Gasteiger partial charge in [0.05, 0.1) is 18.2 Å². The van der Waals surface area contributed by atoms with Crippen molar-refractivity contribution in [1.82, 2.24) is 20.0 Å². The summed E-state index contributed by atoms with van der Waals surface area (Å²) < 4.78 is 28.4. The molecule has 5 nitrogen and oxygen atoms in total. The third kappa shape index (κ3) is 3.42. The number of carbonyl (C=O) groups excluding carboxylic acids is 1. The van der Waals surface area contributed by atoms with Gasteiger partial charge in [-0.2, -0.15) is 5.10 Å². The lowest BCUT2D eigenvalue weighted by molar-refractivity contribution is -0.136. The fraction of sp³-hybridized carbons (Fsp3) is 0.444. The van der Waals surface area contributed by atoms with E-state index in [1.807, 2.05) is 20.2 Å². The highest BCUT2D eigenvalue weighted by atomic mass is 19.2. The molecule has 0 radical (unpaired) electrons. The van der Waals surface area contributed by atoms with E-state index in [4.69, 9.17) is 0 Å². The predicted octanol–water partition coefficient (Wildman–Crippen LogP) is 2.22. The quantitative estimate of drug-likeness (QED) is 0.922. The second-order valence-corrected chi connectivity index (χ2v) is 6.62. The molecule has 2 aromatic rings. The van der Waals surface area contributed by atoms with E-state index < -0.39 is 11.6 Å². The highest BCUT2D eigenvalue weighted by Crippen LogP contribution is 2.31. The number of aryl methyl sites for hydroxylation is 1. The molecule has 1 saturated heterocycles. The maximum atomic E-state index is 13.5. The molecule has 0 aliphatic carbocycles. The number of benzene rings is 1. The molecule has 7 heteroatoms. The summed E-state index contributed by atoms with van der Waals surface area (Å²) in [6.07, 6.45) is 3.72. The van der Waals surface area contributed by atoms with Crippen molar-refractivity contribution >= 4 is 5.91 Å². The zero-order valence-corrected chi connectivity index (χ0v) is 14.5. The van der Waals surface area contributed by atoms with Gasteiger partial charge >= 0.3 is 0 Å². The van der Waals surface area contributed by atoms with Gasteiger partial charge in [0.25, 0.3) is 0 Å². The van der Waals surface area contributed by atoms with Crippen LogP contribution in [0.15, 0.2) is 30.6 Å². The fourth-order valence-corrected chi connectivity index (χ4v) is 3.37. The third-order valence-corrected chi connectivity index (χ3v) is 5.04. The van der Waals surface area contributed by atoms with Crippen molar-refractivity contribution in [3.63, 3.8) is 0 Å². The molecule has 0 bridgehead atoms. The van der Waals surface area contributed by atoms with Crippen molar-refractivity contribution in [2.75, 3.05) is 20.1 Å². The second-order valence-electron chi connectivity index (χ2n) is 6.62. The van der Waals surface area contributed by atoms with Crippen molar-refractivity contribution in [2.24, 2.45) is 13.0 Å². The summed E-state index contributed by atoms with van der Waals surface area (Å²) in [5.41, 5.74) is 1.60. The molecule has 0 saturated carbocycles. The Kier molecular flexibility index (Phi) is 4.85. The summed E-state index contributed by atoms with van der Waals surface area (Å²) in [4.78, 5) is 14.6. The molecular weight excluding hydrogens is 326 g/mol. The highest BCUT2D eigenvalue weighted by Gasteiger charge is 2.37. The molecule has 1 aromatic heterocycles. The van der Waals surface area contributed by atoms with E-state index in [0.717, 1.165) is 24.2 Å². The molecule has 3 rings (SSSR count). The molecule has 1 amide bonds. The predicted molar refractivity (Wildman–Crippen MR) is 89.9 cm³/mol. The van der Waals surface area contributed by atoms with E-state index in [1.54, 1.807) is 22.8 Å². The van der Waals surface area contributed by atoms with Crippen molar-refractivity contribution in [3.8, 4) is 0 Å². The molecule has 0 spiro atoms. The number of amides is 1. The number of carbonyl (C=O) groups is 1. The van der Waals surface area contributed by atoms with Crippen LogP contribution in [0.3, 0.4) is 0 Å². The number of hydrogen-bond acceptors (Lipinski definition) is 3. The Morgan fingerprint density at radius 1 is 1.36 bits per heavy atom. The van der Waals surface area contributed by atoms with Gasteiger partial charge in [-0.05, 0) is 30.2 Å². The zero-order chi connectivity index (χ0) is 18.1. The molecule has 1 aromatic carbocycles. The van der Waals surface area contributed by atoms with Gasteiger partial charge in [0.2, 0.25) is 5.91 Å². The average molecular weight is 348 g/mol. The van der Waals surface area contributed by atoms with Crippen LogP contribution in [0.5, 0.6) is 0 Å². The monoisotopic (exact) mass is 348 g/mol. The number of aromatic nitrogens is 2. The number of hydrogen-bond donors (Lipinski definition) is 1. The topological polar surface area (TPSA) is 50.2 Å². The summed E-state index contributed by atoms with van der Waals surface area (Å²) in [5, 5.41) is 7.45. The van der Waals surface area contributed by atoms with Crippen LogP contribution in [0, 0.1) is 17.6 Å². The Morgan fingerprint density at radius 2 is 2.12 bits per heavy atom. The first-order valence-electron chi connectivity index (χ1n) is 8.29. The third-order valence-electron chi connectivity index (χ3n) is 5.04. The first-order valence-corrected chi connectivity index (χ1v) is 8.29. The number of halogens is 2. The van der Waals surface area contributed by atoms with Gasteiger partial charge in [-0.3, -0.25) is 9.48 Å². The lowest BCUT2D eigenvalue weighted by Crippen LogP contribution is -2.37. The standard InChI is InChI=1S/C18H22F2N4O/c1-11(12-4-5-16(19)17(20)6-12)24(3)18(25)15-9-21-8-14(15)13-7-22-23(2)10-13/h4-7,10-11,14-15,21H,8-9H2,1-3H3/t11?,14-,15+/m1/s1. The minimum absolute atomic E-state index is 0.0175. The van der Waals surface area contributed by atoms with E-state index in [0.29, 0.717) is 12.1 Å². The van der Waals surface area contributed by atoms with Crippen LogP contribution in [-0.2, 0) is 11.8 Å². The highest BCUT2D eigenvalue weighted by molar-refractivity contribution is 5.80. The summed E-state index contributed by atoms with van der Waals surface area (Å²) in [5.74, 6) is -1.96. The minimum atomic E-state index is -0.902. The molecule has 3 atom stereocenters. The number of nitrogens with one attached hydrogen (secondary N) is 1. The van der Waals surface area contributed by atoms with Crippen LogP contribution in [0.25, 0.3) is 0 Å². The summed E-state index contributed by atoms with van der Waals surface area (Å²) >= 11 is 0. The summed E-state index contributed by atoms with van der Waals surface area (Å²) in [6, 6.07) is 3.40. The van der Waals surface area contributed by atoms with Gasteiger partial charge < -0.3 is 10.2 Å². The van der Waals surface area contributed by atoms with Gasteiger partial charge in [0.15, 0.2) is 11.6 Å². The van der Waals surface area contributed by atoms with Gasteiger partial charge in [0.1, 0.15) is 0 Å². The Hall–Kier alpha value is -2.28. The first-order chi connectivity index (χ1) is 11.9. The maximum absolute atomic E-state index is 13.5. The van der Waals surface area contributed by atoms with Crippen LogP contribution in [0.1, 0.15) is 30.0 Å². The Labute approximate surface area is 145 Å². The first kappa shape index (κ1) is 17.5. The minimum Gasteiger partial charge on any atom is -0.339 e. The molecule has 134 valence electrons. The second kappa shape index (κ2) is 6.92. The van der Waals surface area contributed by atoms with Crippen LogP contribution in [-0.4, -0.2) is 40.7 Å². The number of nitrogens with zero attached hydrogens (tertiary/aromatic N) is 3. The van der Waals surface area contributed by atoms with E-state index in [-0.39, 0.29) is 23.8 Å². The van der Waals surface area contributed by atoms with Crippen LogP contribution >= 0.6 is 0 Å². The van der Waals surface area contributed by atoms with Gasteiger partial charge in [-0.25, -0.2) is 8.78 Å². The molecule has 1 N–H and O–H groups in total. The van der Waals surface area contributed by atoms with Crippen LogP contribution < -0.4 is 5.32 Å². The Morgan fingerprint density at radius 3 is 2.76 bits per heavy atom. The molecular formula is C18H22F2N4O. The van der Waals surface area contributed by atoms with E-state index in [9.17, 15) is 13.6 Å². The normalized spacial score (nSPS) is 21.3. The molecule has 1 fully saturated rings. The van der Waals surface area contributed by atoms with Crippen molar-refractivity contribution in [2.45, 2.75) is 18.9 Å². The Balaban J connectivity index is 1.77. The SMILES string of the molecule is CC(c1ccc(F)c(F)c1)N(C)C(=O)[C@H]1CNC[C@@H]1c1cnn(C)c1. The maximum Gasteiger partial charge on any atom is 0.227 e. The van der Waals surface area contributed by atoms with E-state index >= 15 is 0 Å². The largest absolute Gasteiger partial charge is 0.339 e. The molecule has 25 heavy (non-hydrogen) atoms. The Bertz CT molecular complexity index is 776. The molecule has 2 heterocycles. The lowest BCUT2D eigenvalue weighted by atomic mass is 9.89. The van der Waals surface area contributed by atoms with E-state index in [2.05, 4.69) is 10.4 Å². The van der Waals surface area contributed by atoms with Crippen molar-refractivity contribution < 1.29 is 13.6 Å². The zero-order valence-electron chi connectivity index (χ0n) is 14.5. The molecule has 1 aliphatic heterocycles. The molecule has 1 aliphatic rings. The number of rotatable bonds is 4. The fourth-order valence-electron chi connectivity index (χ4n) is 3.37. The van der Waals surface area contributed by atoms with E-state index in [1.165, 1.54) is 6.07 Å². The smallest absolute Gasteiger partial charge is 0.227 e. The van der Waals surface area contributed by atoms with Crippen molar-refractivity contribution in [1.29, 1.82) is 0 Å². The lowest BCUT2D eigenvalue weighted by Gasteiger charge is -2.29. The average Bonchev–Trinajstić information content (AvgIpc) is 3.23.